The van der Waals surface area contributed by atoms with Crippen molar-refractivity contribution in [3.8, 4) is 0 Å². The average Bonchev–Trinajstić information content (AvgIpc) is 3.06. The van der Waals surface area contributed by atoms with Crippen LogP contribution in [0.4, 0.5) is 0 Å². The van der Waals surface area contributed by atoms with Gasteiger partial charge < -0.3 is 9.64 Å². The number of fused-ring (bicyclic) bond motifs is 3. The second-order valence-corrected chi connectivity index (χ2v) is 8.83. The average molecular weight is 416 g/mol. The zero-order valence-corrected chi connectivity index (χ0v) is 17.4. The lowest BCUT2D eigenvalue weighted by Gasteiger charge is -2.21. The highest BCUT2D eigenvalue weighted by Gasteiger charge is 2.24. The first kappa shape index (κ1) is 19.2. The Morgan fingerprint density at radius 1 is 1.32 bits per heavy atom. The number of rotatable bonds is 5. The molecule has 1 aliphatic heterocycles. The molecule has 0 aliphatic carbocycles. The maximum Gasteiger partial charge on any atom is 0.316 e. The van der Waals surface area contributed by atoms with E-state index < -0.39 is 0 Å². The number of esters is 1. The van der Waals surface area contributed by atoms with Crippen molar-refractivity contribution < 1.29 is 9.53 Å². The van der Waals surface area contributed by atoms with E-state index in [1.165, 1.54) is 23.7 Å². The maximum atomic E-state index is 13.5. The third-order valence-electron chi connectivity index (χ3n) is 4.85. The van der Waals surface area contributed by atoms with Crippen molar-refractivity contribution >= 4 is 39.3 Å². The quantitative estimate of drug-likeness (QED) is 0.363. The molecule has 0 amide bonds. The van der Waals surface area contributed by atoms with E-state index in [1.54, 1.807) is 15.9 Å². The molecule has 0 N–H and O–H groups in total. The van der Waals surface area contributed by atoms with Gasteiger partial charge in [-0.25, -0.2) is 4.98 Å². The van der Waals surface area contributed by atoms with E-state index >= 15 is 0 Å². The van der Waals surface area contributed by atoms with Gasteiger partial charge in [0.25, 0.3) is 5.56 Å². The van der Waals surface area contributed by atoms with Crippen molar-refractivity contribution in [1.82, 2.24) is 14.5 Å². The Kier molecular flexibility index (Phi) is 5.52. The number of hydrogen-bond acceptors (Lipinski definition) is 7. The largest absolute Gasteiger partial charge is 0.468 e. The van der Waals surface area contributed by atoms with Crippen molar-refractivity contribution in [3.05, 3.63) is 56.7 Å². The van der Waals surface area contributed by atoms with Crippen LogP contribution in [0.15, 0.2) is 40.3 Å². The lowest BCUT2D eigenvalue weighted by atomic mass is 10.1. The smallest absolute Gasteiger partial charge is 0.316 e. The van der Waals surface area contributed by atoms with E-state index in [9.17, 15) is 9.59 Å². The monoisotopic (exact) mass is 415 g/mol. The summed E-state index contributed by atoms with van der Waals surface area (Å²) in [7, 11) is 3.45. The van der Waals surface area contributed by atoms with E-state index in [2.05, 4.69) is 11.9 Å². The molecule has 0 saturated carbocycles. The first-order valence-electron chi connectivity index (χ1n) is 9.04. The molecule has 0 atom stereocenters. The van der Waals surface area contributed by atoms with E-state index in [1.807, 2.05) is 30.3 Å². The molecule has 0 bridgehead atoms. The van der Waals surface area contributed by atoms with Crippen molar-refractivity contribution in [2.24, 2.45) is 0 Å². The van der Waals surface area contributed by atoms with Crippen LogP contribution in [0.25, 0.3) is 10.2 Å². The third-order valence-corrected chi connectivity index (χ3v) is 6.91. The predicted molar refractivity (Wildman–Crippen MR) is 112 cm³/mol. The van der Waals surface area contributed by atoms with Gasteiger partial charge in [-0.2, -0.15) is 0 Å². The van der Waals surface area contributed by atoms with Crippen LogP contribution in [-0.4, -0.2) is 46.9 Å². The molecule has 0 unspecified atom stereocenters. The Labute approximate surface area is 171 Å². The molecule has 8 heteroatoms. The highest BCUT2D eigenvalue weighted by atomic mass is 32.2. The van der Waals surface area contributed by atoms with Crippen LogP contribution in [0, 0.1) is 0 Å². The third kappa shape index (κ3) is 3.72. The number of nitrogens with zero attached hydrogens (tertiary/aromatic N) is 3. The normalized spacial score (nSPS) is 14.2. The number of methoxy groups -OCH3 is 1. The maximum absolute atomic E-state index is 13.5. The van der Waals surface area contributed by atoms with Crippen molar-refractivity contribution in [2.75, 3.05) is 26.5 Å². The first-order chi connectivity index (χ1) is 13.6. The highest BCUT2D eigenvalue weighted by molar-refractivity contribution is 7.99. The number of likely N-dealkylation sites (N-methyl/N-ethyl adjacent to an activating group) is 1. The van der Waals surface area contributed by atoms with Crippen LogP contribution in [0.2, 0.25) is 0 Å². The molecule has 6 nitrogen and oxygen atoms in total. The SMILES string of the molecule is COC(=O)CSc1nc2sc3c(c2c(=O)n1Cc1ccccc1)CCN(C)C3. The first-order valence-corrected chi connectivity index (χ1v) is 10.8. The zero-order chi connectivity index (χ0) is 19.7. The van der Waals surface area contributed by atoms with E-state index in [0.29, 0.717) is 11.7 Å². The Bertz CT molecular complexity index is 1080. The molecule has 28 heavy (non-hydrogen) atoms. The van der Waals surface area contributed by atoms with E-state index in [-0.39, 0.29) is 17.3 Å². The molecular weight excluding hydrogens is 394 g/mol. The number of ether oxygens (including phenoxy) is 1. The number of hydrogen-bond donors (Lipinski definition) is 0. The minimum Gasteiger partial charge on any atom is -0.468 e. The van der Waals surface area contributed by atoms with Crippen LogP contribution in [0.1, 0.15) is 16.0 Å². The van der Waals surface area contributed by atoms with Crippen LogP contribution in [-0.2, 0) is 29.0 Å². The van der Waals surface area contributed by atoms with Gasteiger partial charge in [-0.15, -0.1) is 11.3 Å². The van der Waals surface area contributed by atoms with E-state index in [4.69, 9.17) is 9.72 Å². The molecule has 0 saturated heterocycles. The van der Waals surface area contributed by atoms with Gasteiger partial charge in [0.05, 0.1) is 24.8 Å². The summed E-state index contributed by atoms with van der Waals surface area (Å²) in [6.45, 7) is 2.21. The van der Waals surface area contributed by atoms with Crippen molar-refractivity contribution in [1.29, 1.82) is 0 Å². The van der Waals surface area contributed by atoms with Gasteiger partial charge in [-0.1, -0.05) is 42.1 Å². The molecule has 1 aromatic carbocycles. The van der Waals surface area contributed by atoms with Crippen LogP contribution in [0.3, 0.4) is 0 Å². The molecule has 0 spiro atoms. The zero-order valence-electron chi connectivity index (χ0n) is 15.8. The summed E-state index contributed by atoms with van der Waals surface area (Å²) in [4.78, 5) is 34.1. The van der Waals surface area contributed by atoms with Gasteiger partial charge in [0, 0.05) is 18.0 Å². The molecule has 146 valence electrons. The molecule has 0 radical (unpaired) electrons. The van der Waals surface area contributed by atoms with Gasteiger partial charge in [-0.3, -0.25) is 14.2 Å². The Hall–Kier alpha value is -2.16. The summed E-state index contributed by atoms with van der Waals surface area (Å²) in [5.41, 5.74) is 2.14. The van der Waals surface area contributed by atoms with Gasteiger partial charge in [0.1, 0.15) is 4.83 Å². The molecule has 0 fully saturated rings. The number of thioether (sulfide) groups is 1. The fraction of sp³-hybridized carbons (Fsp3) is 0.350. The summed E-state index contributed by atoms with van der Waals surface area (Å²) in [5, 5.41) is 1.30. The standard InChI is InChI=1S/C20H21N3O3S2/c1-22-9-8-14-15(11-22)28-18-17(14)19(25)23(10-13-6-4-3-5-7-13)20(21-18)27-12-16(24)26-2/h3-7H,8-12H2,1-2H3. The fourth-order valence-corrected chi connectivity index (χ4v) is 5.56. The topological polar surface area (TPSA) is 64.4 Å². The molecule has 3 heterocycles. The number of carbonyl (C=O) groups excluding carboxylic acids is 1. The van der Waals surface area contributed by atoms with Crippen molar-refractivity contribution in [2.45, 2.75) is 24.7 Å². The Morgan fingerprint density at radius 3 is 2.86 bits per heavy atom. The number of aromatic nitrogens is 2. The summed E-state index contributed by atoms with van der Waals surface area (Å²) in [6.07, 6.45) is 0.864. The Balaban J connectivity index is 1.83. The second kappa shape index (κ2) is 8.06. The molecular formula is C20H21N3O3S2. The Morgan fingerprint density at radius 2 is 2.11 bits per heavy atom. The number of carbonyl (C=O) groups is 1. The summed E-state index contributed by atoms with van der Waals surface area (Å²) >= 11 is 2.84. The second-order valence-electron chi connectivity index (χ2n) is 6.81. The van der Waals surface area contributed by atoms with Gasteiger partial charge in [-0.05, 0) is 24.6 Å². The summed E-state index contributed by atoms with van der Waals surface area (Å²) < 4.78 is 6.44. The molecule has 4 rings (SSSR count). The van der Waals surface area contributed by atoms with Gasteiger partial charge in [0.2, 0.25) is 0 Å². The minimum atomic E-state index is -0.335. The van der Waals surface area contributed by atoms with E-state index in [0.717, 1.165) is 40.9 Å². The van der Waals surface area contributed by atoms with Crippen LogP contribution in [0.5, 0.6) is 0 Å². The van der Waals surface area contributed by atoms with Gasteiger partial charge >= 0.3 is 5.97 Å². The summed E-state index contributed by atoms with van der Waals surface area (Å²) in [6, 6.07) is 9.84. The molecule has 2 aromatic heterocycles. The lowest BCUT2D eigenvalue weighted by molar-refractivity contribution is -0.137. The van der Waals surface area contributed by atoms with Crippen LogP contribution >= 0.6 is 23.1 Å². The predicted octanol–water partition coefficient (Wildman–Crippen LogP) is 2.76. The number of benzene rings is 1. The van der Waals surface area contributed by atoms with Crippen molar-refractivity contribution in [3.63, 3.8) is 0 Å². The summed E-state index contributed by atoms with van der Waals surface area (Å²) in [5.74, 6) is -0.213. The van der Waals surface area contributed by atoms with Crippen LogP contribution < -0.4 is 5.56 Å². The van der Waals surface area contributed by atoms with Gasteiger partial charge in [0.15, 0.2) is 5.16 Å². The molecule has 1 aliphatic rings. The minimum absolute atomic E-state index is 0.0247. The number of thiophene rings is 1. The fourth-order valence-electron chi connectivity index (χ4n) is 3.38. The lowest BCUT2D eigenvalue weighted by Crippen LogP contribution is -2.28. The molecule has 3 aromatic rings. The highest BCUT2D eigenvalue weighted by Crippen LogP contribution is 2.33.